The van der Waals surface area contributed by atoms with Crippen molar-refractivity contribution >= 4 is 11.3 Å². The fourth-order valence-corrected chi connectivity index (χ4v) is 2.61. The van der Waals surface area contributed by atoms with Crippen molar-refractivity contribution in [3.8, 4) is 0 Å². The van der Waals surface area contributed by atoms with Gasteiger partial charge >= 0.3 is 0 Å². The number of pyridine rings is 1. The van der Waals surface area contributed by atoms with Crippen LogP contribution in [0.5, 0.6) is 0 Å². The molecule has 0 spiro atoms. The Morgan fingerprint density at radius 1 is 1.06 bits per heavy atom. The molecule has 0 aliphatic rings. The summed E-state index contributed by atoms with van der Waals surface area (Å²) in [5.41, 5.74) is 10.6. The van der Waals surface area contributed by atoms with Crippen LogP contribution in [0.15, 0.2) is 23.6 Å². The van der Waals surface area contributed by atoms with Gasteiger partial charge < -0.3 is 5.73 Å². The van der Waals surface area contributed by atoms with Gasteiger partial charge in [-0.05, 0) is 55.5 Å². The van der Waals surface area contributed by atoms with E-state index in [1.165, 1.54) is 10.4 Å². The van der Waals surface area contributed by atoms with Crippen molar-refractivity contribution in [2.75, 3.05) is 0 Å². The summed E-state index contributed by atoms with van der Waals surface area (Å²) in [6.07, 6.45) is 0. The molecule has 2 heterocycles. The average molecular weight is 232 g/mol. The van der Waals surface area contributed by atoms with E-state index in [-0.39, 0.29) is 6.04 Å². The molecule has 0 aliphatic carbocycles. The van der Waals surface area contributed by atoms with Gasteiger partial charge in [0.15, 0.2) is 0 Å². The molecule has 0 radical (unpaired) electrons. The molecule has 16 heavy (non-hydrogen) atoms. The molecule has 0 saturated carbocycles. The molecule has 2 aromatic rings. The summed E-state index contributed by atoms with van der Waals surface area (Å²) in [6, 6.07) is 6.24. The summed E-state index contributed by atoms with van der Waals surface area (Å²) in [4.78, 5) is 5.66. The molecule has 3 heteroatoms. The fourth-order valence-electron chi connectivity index (χ4n) is 1.87. The zero-order valence-electron chi connectivity index (χ0n) is 9.82. The summed E-state index contributed by atoms with van der Waals surface area (Å²) in [5, 5.41) is 2.13. The zero-order chi connectivity index (χ0) is 11.7. The van der Waals surface area contributed by atoms with E-state index >= 15 is 0 Å². The summed E-state index contributed by atoms with van der Waals surface area (Å²) >= 11 is 1.74. The summed E-state index contributed by atoms with van der Waals surface area (Å²) in [5.74, 6) is 0. The maximum Gasteiger partial charge on any atom is 0.0561 e. The number of nitrogens with two attached hydrogens (primary N) is 1. The average Bonchev–Trinajstić information content (AvgIpc) is 2.62. The zero-order valence-corrected chi connectivity index (χ0v) is 10.6. The number of thiophene rings is 1. The van der Waals surface area contributed by atoms with E-state index in [0.29, 0.717) is 0 Å². The second-order valence-electron chi connectivity index (χ2n) is 4.15. The normalized spacial score (nSPS) is 12.8. The molecule has 1 unspecified atom stereocenters. The van der Waals surface area contributed by atoms with Crippen LogP contribution in [-0.4, -0.2) is 4.98 Å². The molecule has 0 bridgehead atoms. The van der Waals surface area contributed by atoms with Gasteiger partial charge in [0, 0.05) is 16.3 Å². The molecule has 2 rings (SSSR count). The molecule has 2 aromatic heterocycles. The highest BCUT2D eigenvalue weighted by atomic mass is 32.1. The Labute approximate surface area is 100 Å². The van der Waals surface area contributed by atoms with E-state index in [4.69, 9.17) is 5.73 Å². The van der Waals surface area contributed by atoms with E-state index in [1.807, 2.05) is 13.8 Å². The van der Waals surface area contributed by atoms with Gasteiger partial charge in [0.05, 0.1) is 6.04 Å². The highest BCUT2D eigenvalue weighted by molar-refractivity contribution is 7.10. The maximum absolute atomic E-state index is 6.25. The van der Waals surface area contributed by atoms with E-state index in [2.05, 4.69) is 35.5 Å². The number of nitrogens with zero attached hydrogens (tertiary/aromatic N) is 1. The predicted molar refractivity (Wildman–Crippen MR) is 68.8 cm³/mol. The molecular weight excluding hydrogens is 216 g/mol. The molecule has 84 valence electrons. The van der Waals surface area contributed by atoms with Crippen molar-refractivity contribution in [1.29, 1.82) is 0 Å². The first-order chi connectivity index (χ1) is 7.56. The third kappa shape index (κ3) is 2.31. The van der Waals surface area contributed by atoms with Crippen LogP contribution in [0.1, 0.15) is 33.4 Å². The highest BCUT2D eigenvalue weighted by Crippen LogP contribution is 2.24. The molecule has 0 fully saturated rings. The van der Waals surface area contributed by atoms with Gasteiger partial charge in [0.1, 0.15) is 0 Å². The molecule has 0 aliphatic heterocycles. The minimum Gasteiger partial charge on any atom is -0.320 e. The molecule has 0 saturated heterocycles. The topological polar surface area (TPSA) is 38.9 Å². The minimum atomic E-state index is -0.0367. The Morgan fingerprint density at radius 3 is 2.19 bits per heavy atom. The molecular formula is C13H16N2S. The van der Waals surface area contributed by atoms with Crippen LogP contribution in [0.2, 0.25) is 0 Å². The molecule has 1 atom stereocenters. The first-order valence-corrected chi connectivity index (χ1v) is 6.20. The van der Waals surface area contributed by atoms with Crippen molar-refractivity contribution in [2.45, 2.75) is 26.8 Å². The van der Waals surface area contributed by atoms with Gasteiger partial charge in [-0.1, -0.05) is 0 Å². The smallest absolute Gasteiger partial charge is 0.0561 e. The van der Waals surface area contributed by atoms with Gasteiger partial charge in [-0.3, -0.25) is 4.98 Å². The van der Waals surface area contributed by atoms with E-state index in [9.17, 15) is 0 Å². The van der Waals surface area contributed by atoms with Crippen molar-refractivity contribution in [3.63, 3.8) is 0 Å². The first-order valence-electron chi connectivity index (χ1n) is 5.32. The van der Waals surface area contributed by atoms with Crippen LogP contribution in [0.4, 0.5) is 0 Å². The summed E-state index contributed by atoms with van der Waals surface area (Å²) in [6.45, 7) is 6.11. The van der Waals surface area contributed by atoms with Crippen molar-refractivity contribution in [2.24, 2.45) is 5.73 Å². The lowest BCUT2D eigenvalue weighted by molar-refractivity contribution is 0.864. The van der Waals surface area contributed by atoms with Crippen molar-refractivity contribution in [3.05, 3.63) is 51.0 Å². The van der Waals surface area contributed by atoms with Gasteiger partial charge in [-0.2, -0.15) is 0 Å². The van der Waals surface area contributed by atoms with Gasteiger partial charge in [-0.25, -0.2) is 0 Å². The number of rotatable bonds is 2. The summed E-state index contributed by atoms with van der Waals surface area (Å²) in [7, 11) is 0. The lowest BCUT2D eigenvalue weighted by Crippen LogP contribution is -2.11. The summed E-state index contributed by atoms with van der Waals surface area (Å²) < 4.78 is 0. The van der Waals surface area contributed by atoms with E-state index in [0.717, 1.165) is 17.0 Å². The molecule has 0 aromatic carbocycles. The van der Waals surface area contributed by atoms with Crippen LogP contribution in [0, 0.1) is 20.8 Å². The van der Waals surface area contributed by atoms with E-state index < -0.39 is 0 Å². The number of aryl methyl sites for hydroxylation is 3. The number of aromatic nitrogens is 1. The standard InChI is InChI=1S/C13H16N2S/c1-8-4-11(5-9(2)15-8)13(14)12-6-10(3)16-7-12/h4-7,13H,14H2,1-3H3. The second-order valence-corrected chi connectivity index (χ2v) is 5.27. The third-order valence-corrected chi connectivity index (χ3v) is 3.45. The lowest BCUT2D eigenvalue weighted by Gasteiger charge is -2.11. The second kappa shape index (κ2) is 4.36. The Balaban J connectivity index is 2.37. The van der Waals surface area contributed by atoms with Crippen LogP contribution in [0.25, 0.3) is 0 Å². The number of hydrogen-bond acceptors (Lipinski definition) is 3. The van der Waals surface area contributed by atoms with Gasteiger partial charge in [0.25, 0.3) is 0 Å². The Hall–Kier alpha value is -1.19. The lowest BCUT2D eigenvalue weighted by atomic mass is 10.0. The van der Waals surface area contributed by atoms with Gasteiger partial charge in [-0.15, -0.1) is 11.3 Å². The number of hydrogen-bond donors (Lipinski definition) is 1. The Morgan fingerprint density at radius 2 is 1.69 bits per heavy atom. The molecule has 0 amide bonds. The monoisotopic (exact) mass is 232 g/mol. The Kier molecular flexibility index (Phi) is 3.08. The maximum atomic E-state index is 6.25. The minimum absolute atomic E-state index is 0.0367. The SMILES string of the molecule is Cc1cc(C(N)c2csc(C)c2)cc(C)n1. The fraction of sp³-hybridized carbons (Fsp3) is 0.308. The van der Waals surface area contributed by atoms with Gasteiger partial charge in [0.2, 0.25) is 0 Å². The largest absolute Gasteiger partial charge is 0.320 e. The predicted octanol–water partition coefficient (Wildman–Crippen LogP) is 3.12. The van der Waals surface area contributed by atoms with Crippen LogP contribution in [0.3, 0.4) is 0 Å². The third-order valence-electron chi connectivity index (χ3n) is 2.57. The van der Waals surface area contributed by atoms with Crippen molar-refractivity contribution < 1.29 is 0 Å². The van der Waals surface area contributed by atoms with E-state index in [1.54, 1.807) is 11.3 Å². The van der Waals surface area contributed by atoms with Crippen LogP contribution in [-0.2, 0) is 0 Å². The quantitative estimate of drug-likeness (QED) is 0.864. The van der Waals surface area contributed by atoms with Crippen LogP contribution < -0.4 is 5.73 Å². The Bertz CT molecular complexity index is 482. The van der Waals surface area contributed by atoms with Crippen molar-refractivity contribution in [1.82, 2.24) is 4.98 Å². The molecule has 2 nitrogen and oxygen atoms in total. The van der Waals surface area contributed by atoms with Crippen LogP contribution >= 0.6 is 11.3 Å². The molecule has 2 N–H and O–H groups in total. The highest BCUT2D eigenvalue weighted by Gasteiger charge is 2.11. The first kappa shape index (κ1) is 11.3.